The fourth-order valence-corrected chi connectivity index (χ4v) is 2.26. The average molecular weight is 377 g/mol. The summed E-state index contributed by atoms with van der Waals surface area (Å²) in [4.78, 5) is 16.0. The number of carbonyl (C=O) groups is 1. The van der Waals surface area contributed by atoms with Gasteiger partial charge >= 0.3 is 0 Å². The molecule has 0 saturated heterocycles. The summed E-state index contributed by atoms with van der Waals surface area (Å²) < 4.78 is 11.2. The summed E-state index contributed by atoms with van der Waals surface area (Å²) in [5.41, 5.74) is 1.72. The highest BCUT2D eigenvalue weighted by Crippen LogP contribution is 2.24. The molecule has 1 aromatic carbocycles. The maximum atomic E-state index is 11.9. The van der Waals surface area contributed by atoms with Gasteiger partial charge in [-0.25, -0.2) is 4.98 Å². The summed E-state index contributed by atoms with van der Waals surface area (Å²) in [6.45, 7) is 0.399. The third-order valence-electron chi connectivity index (χ3n) is 3.08. The van der Waals surface area contributed by atoms with Gasteiger partial charge in [0.2, 0.25) is 11.8 Å². The third-order valence-corrected chi connectivity index (χ3v) is 3.57. The van der Waals surface area contributed by atoms with Gasteiger partial charge in [-0.05, 0) is 29.8 Å². The lowest BCUT2D eigenvalue weighted by Gasteiger charge is -2.05. The van der Waals surface area contributed by atoms with E-state index in [1.54, 1.807) is 32.6 Å². The number of amides is 1. The van der Waals surface area contributed by atoms with Crippen LogP contribution >= 0.6 is 15.9 Å². The number of halogens is 1. The van der Waals surface area contributed by atoms with Crippen LogP contribution in [0.4, 0.5) is 0 Å². The quantitative estimate of drug-likeness (QED) is 0.786. The predicted octanol–water partition coefficient (Wildman–Crippen LogP) is 3.19. The number of nitrogens with zero attached hydrogens (tertiary/aromatic N) is 1. The van der Waals surface area contributed by atoms with Gasteiger partial charge in [0, 0.05) is 34.9 Å². The minimum atomic E-state index is -0.192. The molecule has 0 spiro atoms. The van der Waals surface area contributed by atoms with Crippen LogP contribution in [0.3, 0.4) is 0 Å². The molecular formula is C17H17BrN2O3. The van der Waals surface area contributed by atoms with Gasteiger partial charge in [-0.15, -0.1) is 0 Å². The molecule has 0 aliphatic carbocycles. The fourth-order valence-electron chi connectivity index (χ4n) is 1.89. The molecule has 0 unspecified atom stereocenters. The van der Waals surface area contributed by atoms with Gasteiger partial charge in [0.05, 0.1) is 14.2 Å². The number of pyridine rings is 1. The monoisotopic (exact) mass is 376 g/mol. The van der Waals surface area contributed by atoms with Crippen LogP contribution in [-0.4, -0.2) is 25.1 Å². The number of methoxy groups -OCH3 is 2. The Morgan fingerprint density at radius 2 is 2.09 bits per heavy atom. The van der Waals surface area contributed by atoms with Crippen molar-refractivity contribution in [3.8, 4) is 11.6 Å². The van der Waals surface area contributed by atoms with Crippen molar-refractivity contribution in [2.45, 2.75) is 6.54 Å². The molecule has 6 heteroatoms. The van der Waals surface area contributed by atoms with Crippen molar-refractivity contribution in [1.82, 2.24) is 10.3 Å². The Morgan fingerprint density at radius 3 is 2.74 bits per heavy atom. The molecule has 2 rings (SSSR count). The minimum Gasteiger partial charge on any atom is -0.496 e. The molecule has 1 heterocycles. The molecule has 23 heavy (non-hydrogen) atoms. The lowest BCUT2D eigenvalue weighted by atomic mass is 10.2. The Balaban J connectivity index is 1.95. The van der Waals surface area contributed by atoms with Crippen molar-refractivity contribution in [2.75, 3.05) is 14.2 Å². The summed E-state index contributed by atoms with van der Waals surface area (Å²) >= 11 is 3.40. The maximum Gasteiger partial charge on any atom is 0.244 e. The Hall–Kier alpha value is -2.34. The number of nitrogens with one attached hydrogen (secondary N) is 1. The molecule has 0 aliphatic heterocycles. The molecule has 0 radical (unpaired) electrons. The molecule has 1 N–H and O–H groups in total. The Kier molecular flexibility index (Phi) is 6.17. The normalized spacial score (nSPS) is 10.6. The Labute approximate surface area is 143 Å². The molecule has 2 aromatic rings. The van der Waals surface area contributed by atoms with Crippen LogP contribution in [-0.2, 0) is 11.3 Å². The van der Waals surface area contributed by atoms with Gasteiger partial charge in [0.1, 0.15) is 5.75 Å². The smallest absolute Gasteiger partial charge is 0.244 e. The number of benzene rings is 1. The molecule has 1 aromatic heterocycles. The van der Waals surface area contributed by atoms with Crippen molar-refractivity contribution in [3.05, 3.63) is 58.2 Å². The SMILES string of the molecule is COc1ccc(CNC(=O)/C=C/c2cc(Br)ccc2OC)cn1. The van der Waals surface area contributed by atoms with E-state index in [9.17, 15) is 4.79 Å². The number of aromatic nitrogens is 1. The minimum absolute atomic E-state index is 0.192. The van der Waals surface area contributed by atoms with Crippen LogP contribution in [0.2, 0.25) is 0 Å². The molecule has 0 bridgehead atoms. The van der Waals surface area contributed by atoms with Crippen molar-refractivity contribution >= 4 is 27.9 Å². The van der Waals surface area contributed by atoms with Crippen LogP contribution in [0.15, 0.2) is 47.1 Å². The van der Waals surface area contributed by atoms with E-state index in [1.807, 2.05) is 24.3 Å². The first-order valence-electron chi connectivity index (χ1n) is 6.90. The Bertz CT molecular complexity index is 699. The van der Waals surface area contributed by atoms with E-state index >= 15 is 0 Å². The highest BCUT2D eigenvalue weighted by atomic mass is 79.9. The number of rotatable bonds is 6. The number of ether oxygens (including phenoxy) is 2. The zero-order valence-corrected chi connectivity index (χ0v) is 14.5. The Morgan fingerprint density at radius 1 is 1.26 bits per heavy atom. The molecule has 0 saturated carbocycles. The van der Waals surface area contributed by atoms with E-state index in [0.29, 0.717) is 18.2 Å². The largest absolute Gasteiger partial charge is 0.496 e. The van der Waals surface area contributed by atoms with Crippen molar-refractivity contribution < 1.29 is 14.3 Å². The van der Waals surface area contributed by atoms with Crippen LogP contribution in [0, 0.1) is 0 Å². The van der Waals surface area contributed by atoms with Gasteiger partial charge in [0.15, 0.2) is 0 Å². The first-order valence-corrected chi connectivity index (χ1v) is 7.70. The van der Waals surface area contributed by atoms with Crippen LogP contribution in [0.1, 0.15) is 11.1 Å². The van der Waals surface area contributed by atoms with Crippen molar-refractivity contribution in [3.63, 3.8) is 0 Å². The van der Waals surface area contributed by atoms with Crippen LogP contribution < -0.4 is 14.8 Å². The maximum absolute atomic E-state index is 11.9. The molecule has 120 valence electrons. The van der Waals surface area contributed by atoms with Crippen molar-refractivity contribution in [1.29, 1.82) is 0 Å². The molecule has 5 nitrogen and oxygen atoms in total. The molecule has 0 fully saturated rings. The van der Waals surface area contributed by atoms with Crippen LogP contribution in [0.25, 0.3) is 6.08 Å². The zero-order valence-electron chi connectivity index (χ0n) is 12.9. The lowest BCUT2D eigenvalue weighted by Crippen LogP contribution is -2.20. The third kappa shape index (κ3) is 5.10. The topological polar surface area (TPSA) is 60.5 Å². The van der Waals surface area contributed by atoms with E-state index in [4.69, 9.17) is 9.47 Å². The summed E-state index contributed by atoms with van der Waals surface area (Å²) in [5, 5.41) is 2.80. The highest BCUT2D eigenvalue weighted by Gasteiger charge is 2.02. The van der Waals surface area contributed by atoms with E-state index in [1.165, 1.54) is 6.08 Å². The lowest BCUT2D eigenvalue weighted by molar-refractivity contribution is -0.116. The van der Waals surface area contributed by atoms with E-state index in [-0.39, 0.29) is 5.91 Å². The summed E-state index contributed by atoms with van der Waals surface area (Å²) in [5.74, 6) is 1.06. The van der Waals surface area contributed by atoms with Gasteiger partial charge < -0.3 is 14.8 Å². The predicted molar refractivity (Wildman–Crippen MR) is 92.4 cm³/mol. The van der Waals surface area contributed by atoms with Gasteiger partial charge in [-0.1, -0.05) is 22.0 Å². The number of hydrogen-bond acceptors (Lipinski definition) is 4. The second-order valence-corrected chi connectivity index (χ2v) is 5.56. The molecule has 0 atom stereocenters. The van der Waals surface area contributed by atoms with E-state index in [0.717, 1.165) is 15.6 Å². The summed E-state index contributed by atoms with van der Waals surface area (Å²) in [6.07, 6.45) is 4.85. The highest BCUT2D eigenvalue weighted by molar-refractivity contribution is 9.10. The average Bonchev–Trinajstić information content (AvgIpc) is 2.58. The fraction of sp³-hybridized carbons (Fsp3) is 0.176. The van der Waals surface area contributed by atoms with Crippen molar-refractivity contribution in [2.24, 2.45) is 0 Å². The first kappa shape index (κ1) is 17.0. The second-order valence-electron chi connectivity index (χ2n) is 4.65. The molecule has 1 amide bonds. The second kappa shape index (κ2) is 8.33. The zero-order chi connectivity index (χ0) is 16.7. The summed E-state index contributed by atoms with van der Waals surface area (Å²) in [7, 11) is 3.15. The van der Waals surface area contributed by atoms with Gasteiger partial charge in [0.25, 0.3) is 0 Å². The van der Waals surface area contributed by atoms with E-state index in [2.05, 4.69) is 26.2 Å². The van der Waals surface area contributed by atoms with E-state index < -0.39 is 0 Å². The first-order chi connectivity index (χ1) is 11.1. The number of carbonyl (C=O) groups excluding carboxylic acids is 1. The van der Waals surface area contributed by atoms with Crippen LogP contribution in [0.5, 0.6) is 11.6 Å². The number of hydrogen-bond donors (Lipinski definition) is 1. The van der Waals surface area contributed by atoms with Gasteiger partial charge in [-0.3, -0.25) is 4.79 Å². The standard InChI is InChI=1S/C17H17BrN2O3/c1-22-15-6-5-14(18)9-13(15)4-7-16(21)19-10-12-3-8-17(23-2)20-11-12/h3-9,11H,10H2,1-2H3,(H,19,21)/b7-4+. The summed E-state index contributed by atoms with van der Waals surface area (Å²) in [6, 6.07) is 9.21. The molecule has 0 aliphatic rings. The van der Waals surface area contributed by atoms with Gasteiger partial charge in [-0.2, -0.15) is 0 Å². The molecular weight excluding hydrogens is 360 g/mol.